The highest BCUT2D eigenvalue weighted by atomic mass is 14.1. The summed E-state index contributed by atoms with van der Waals surface area (Å²) in [5.74, 6) is 1.04. The second-order valence-electron chi connectivity index (χ2n) is 10.3. The molecular formula is C30H62. The summed E-state index contributed by atoms with van der Waals surface area (Å²) in [5.41, 5.74) is 0. The molecule has 0 N–H and O–H groups in total. The maximum absolute atomic E-state index is 2.34. The SMILES string of the molecule is CCCCCCCCCCCCCCC(CCCCCC)CCCCCCCCC. The first kappa shape index (κ1) is 30.0. The van der Waals surface area contributed by atoms with Crippen molar-refractivity contribution in [1.82, 2.24) is 0 Å². The molecule has 1 atom stereocenters. The topological polar surface area (TPSA) is 0 Å². The summed E-state index contributed by atoms with van der Waals surface area (Å²) in [4.78, 5) is 0. The highest BCUT2D eigenvalue weighted by molar-refractivity contribution is 4.62. The largest absolute Gasteiger partial charge is 0.0654 e. The van der Waals surface area contributed by atoms with Crippen molar-refractivity contribution in [2.45, 2.75) is 188 Å². The normalized spacial score (nSPS) is 12.5. The van der Waals surface area contributed by atoms with E-state index in [4.69, 9.17) is 0 Å². The molecule has 0 saturated heterocycles. The lowest BCUT2D eigenvalue weighted by Gasteiger charge is -2.17. The van der Waals surface area contributed by atoms with E-state index in [9.17, 15) is 0 Å². The standard InChI is InChI=1S/C30H62/c1-4-7-10-13-15-16-17-18-19-21-23-26-29-30(27-24-12-9-6-3)28-25-22-20-14-11-8-5-2/h30H,4-29H2,1-3H3. The van der Waals surface area contributed by atoms with Gasteiger partial charge >= 0.3 is 0 Å². The van der Waals surface area contributed by atoms with Gasteiger partial charge in [0.25, 0.3) is 0 Å². The lowest BCUT2D eigenvalue weighted by atomic mass is 9.89. The number of hydrogen-bond donors (Lipinski definition) is 0. The van der Waals surface area contributed by atoms with Crippen molar-refractivity contribution in [1.29, 1.82) is 0 Å². The van der Waals surface area contributed by atoms with E-state index < -0.39 is 0 Å². The van der Waals surface area contributed by atoms with Gasteiger partial charge in [0.05, 0.1) is 0 Å². The fourth-order valence-corrected chi connectivity index (χ4v) is 4.96. The molecule has 0 nitrogen and oxygen atoms in total. The summed E-state index contributed by atoms with van der Waals surface area (Å²) in [6.45, 7) is 6.96. The van der Waals surface area contributed by atoms with Crippen LogP contribution in [0.4, 0.5) is 0 Å². The van der Waals surface area contributed by atoms with Crippen molar-refractivity contribution in [3.05, 3.63) is 0 Å². The van der Waals surface area contributed by atoms with Crippen molar-refractivity contribution >= 4 is 0 Å². The number of unbranched alkanes of at least 4 members (excludes halogenated alkanes) is 20. The Balaban J connectivity index is 3.64. The average Bonchev–Trinajstić information content (AvgIpc) is 2.76. The van der Waals surface area contributed by atoms with Crippen molar-refractivity contribution in [2.24, 2.45) is 5.92 Å². The van der Waals surface area contributed by atoms with Crippen LogP contribution in [0.15, 0.2) is 0 Å². The third-order valence-corrected chi connectivity index (χ3v) is 7.15. The fraction of sp³-hybridized carbons (Fsp3) is 1.00. The number of hydrogen-bond acceptors (Lipinski definition) is 0. The minimum atomic E-state index is 1.04. The highest BCUT2D eigenvalue weighted by Gasteiger charge is 2.08. The zero-order valence-electron chi connectivity index (χ0n) is 22.0. The van der Waals surface area contributed by atoms with E-state index in [-0.39, 0.29) is 0 Å². The maximum atomic E-state index is 2.34. The van der Waals surface area contributed by atoms with Crippen molar-refractivity contribution in [3.8, 4) is 0 Å². The lowest BCUT2D eigenvalue weighted by molar-refractivity contribution is 0.366. The Bertz CT molecular complexity index is 282. The molecule has 30 heavy (non-hydrogen) atoms. The molecule has 0 aliphatic carbocycles. The third kappa shape index (κ3) is 24.3. The monoisotopic (exact) mass is 422 g/mol. The lowest BCUT2D eigenvalue weighted by Crippen LogP contribution is -2.01. The van der Waals surface area contributed by atoms with Crippen molar-refractivity contribution in [3.63, 3.8) is 0 Å². The van der Waals surface area contributed by atoms with Crippen LogP contribution in [-0.2, 0) is 0 Å². The van der Waals surface area contributed by atoms with Gasteiger partial charge in [-0.15, -0.1) is 0 Å². The van der Waals surface area contributed by atoms with Gasteiger partial charge < -0.3 is 0 Å². The van der Waals surface area contributed by atoms with E-state index in [2.05, 4.69) is 20.8 Å². The van der Waals surface area contributed by atoms with Crippen LogP contribution in [-0.4, -0.2) is 0 Å². The Morgan fingerprint density at radius 1 is 0.267 bits per heavy atom. The Morgan fingerprint density at radius 3 is 0.733 bits per heavy atom. The summed E-state index contributed by atoms with van der Waals surface area (Å²) >= 11 is 0. The first-order chi connectivity index (χ1) is 14.8. The van der Waals surface area contributed by atoms with Gasteiger partial charge in [-0.3, -0.25) is 0 Å². The molecule has 0 aromatic rings. The summed E-state index contributed by atoms with van der Waals surface area (Å²) in [5, 5.41) is 0. The van der Waals surface area contributed by atoms with Gasteiger partial charge in [-0.25, -0.2) is 0 Å². The molecule has 0 aliphatic rings. The van der Waals surface area contributed by atoms with E-state index in [1.807, 2.05) is 0 Å². The second-order valence-corrected chi connectivity index (χ2v) is 10.3. The van der Waals surface area contributed by atoms with E-state index in [1.165, 1.54) is 167 Å². The van der Waals surface area contributed by atoms with Gasteiger partial charge in [0.2, 0.25) is 0 Å². The van der Waals surface area contributed by atoms with Crippen molar-refractivity contribution < 1.29 is 0 Å². The molecule has 0 saturated carbocycles. The third-order valence-electron chi connectivity index (χ3n) is 7.15. The molecule has 0 rings (SSSR count). The minimum absolute atomic E-state index is 1.04. The van der Waals surface area contributed by atoms with Crippen LogP contribution in [0, 0.1) is 5.92 Å². The summed E-state index contributed by atoms with van der Waals surface area (Å²) in [6, 6.07) is 0. The van der Waals surface area contributed by atoms with Gasteiger partial charge in [-0.05, 0) is 5.92 Å². The van der Waals surface area contributed by atoms with Gasteiger partial charge in [0, 0.05) is 0 Å². The molecule has 0 amide bonds. The number of rotatable bonds is 26. The maximum Gasteiger partial charge on any atom is -0.0414 e. The molecule has 0 heteroatoms. The molecule has 182 valence electrons. The van der Waals surface area contributed by atoms with Crippen molar-refractivity contribution in [2.75, 3.05) is 0 Å². The first-order valence-corrected chi connectivity index (χ1v) is 14.8. The van der Waals surface area contributed by atoms with Crippen LogP contribution in [0.25, 0.3) is 0 Å². The molecule has 0 bridgehead atoms. The predicted octanol–water partition coefficient (Wildman–Crippen LogP) is 11.8. The second kappa shape index (κ2) is 27.0. The van der Waals surface area contributed by atoms with E-state index >= 15 is 0 Å². The molecule has 0 spiro atoms. The van der Waals surface area contributed by atoms with Crippen LogP contribution in [0.5, 0.6) is 0 Å². The van der Waals surface area contributed by atoms with Crippen LogP contribution in [0.1, 0.15) is 188 Å². The van der Waals surface area contributed by atoms with Crippen LogP contribution in [0.3, 0.4) is 0 Å². The summed E-state index contributed by atoms with van der Waals surface area (Å²) in [7, 11) is 0. The zero-order valence-corrected chi connectivity index (χ0v) is 22.0. The van der Waals surface area contributed by atoms with E-state index in [1.54, 1.807) is 0 Å². The Labute approximate surface area is 193 Å². The van der Waals surface area contributed by atoms with E-state index in [0.717, 1.165) is 5.92 Å². The quantitative estimate of drug-likeness (QED) is 0.122. The molecule has 0 fully saturated rings. The van der Waals surface area contributed by atoms with Crippen LogP contribution in [0.2, 0.25) is 0 Å². The molecule has 1 unspecified atom stereocenters. The minimum Gasteiger partial charge on any atom is -0.0654 e. The molecule has 0 aliphatic heterocycles. The Morgan fingerprint density at radius 2 is 0.467 bits per heavy atom. The van der Waals surface area contributed by atoms with Crippen LogP contribution < -0.4 is 0 Å². The molecular weight excluding hydrogens is 360 g/mol. The van der Waals surface area contributed by atoms with Gasteiger partial charge in [0.1, 0.15) is 0 Å². The smallest absolute Gasteiger partial charge is 0.0414 e. The van der Waals surface area contributed by atoms with Gasteiger partial charge in [-0.2, -0.15) is 0 Å². The zero-order chi connectivity index (χ0) is 22.0. The summed E-state index contributed by atoms with van der Waals surface area (Å²) in [6.07, 6.45) is 38.3. The van der Waals surface area contributed by atoms with Gasteiger partial charge in [-0.1, -0.05) is 188 Å². The Hall–Kier alpha value is 0. The van der Waals surface area contributed by atoms with E-state index in [0.29, 0.717) is 0 Å². The predicted molar refractivity (Wildman–Crippen MR) is 141 cm³/mol. The van der Waals surface area contributed by atoms with Crippen LogP contribution >= 0.6 is 0 Å². The fourth-order valence-electron chi connectivity index (χ4n) is 4.96. The molecule has 0 aromatic heterocycles. The highest BCUT2D eigenvalue weighted by Crippen LogP contribution is 2.24. The average molecular weight is 423 g/mol. The van der Waals surface area contributed by atoms with Gasteiger partial charge in [0.15, 0.2) is 0 Å². The summed E-state index contributed by atoms with van der Waals surface area (Å²) < 4.78 is 0. The molecule has 0 aromatic carbocycles. The molecule has 0 heterocycles. The Kier molecular flexibility index (Phi) is 27.0. The first-order valence-electron chi connectivity index (χ1n) is 14.8. The molecule has 0 radical (unpaired) electrons.